The SMILES string of the molecule is CC(=O)[C@H]1C[C@@H](NC(=O)OC(C)(C)C)[C@@H]2OC(C)(C)O[C@@H]21.CC(=O)[C@H]1C[C@@H](NC(=O)OC(C)(C)C)[C@@H]2OC(C)(C)O[C@@H]21.CC(C)(C)OC(=O)N[C@@H]1C[C@H](C(=O)O)[C@H]2OC(C)(C)O[C@H]21.CC(C)(C)OC(=O)N[C@@H]1C[C@H](C(C)(C)O)[C@H]2OC(C)(C)O[C@H]21. The van der Waals surface area contributed by atoms with E-state index in [4.69, 9.17) is 56.8 Å². The van der Waals surface area contributed by atoms with E-state index < -0.39 is 106 Å². The van der Waals surface area contributed by atoms with Crippen LogP contribution in [0.25, 0.3) is 0 Å². The van der Waals surface area contributed by atoms with Crippen LogP contribution in [0.3, 0.4) is 0 Å². The summed E-state index contributed by atoms with van der Waals surface area (Å²) in [6.45, 7) is 42.6. The van der Waals surface area contributed by atoms with Gasteiger partial charge in [-0.1, -0.05) is 0 Å². The standard InChI is InChI=1S/C16H29NO5.2C15H25NO5.C14H23NO6/c1-14(2,3)22-13(18)17-10-8-9(15(4,5)19)11-12(10)21-16(6,7)20-11;2*1-8(17)9-7-10(16-13(18)21-14(2,3)4)12-11(9)19-15(5,6)20-12;1-13(2,3)21-12(18)15-8-6-7(11(16)17)9-10(8)20-14(4,5)19-9/h9-12,19H,8H2,1-7H3,(H,17,18);2*9-12H,7H2,1-6H3,(H,16,18);7-10H,6H2,1-5H3,(H,15,18)(H,16,17)/t9-,10+,11+,12-;2*9-,10-,11-,12+;7-,8+,9+,10-/m0110/s1. The number of hydrogen-bond acceptors (Lipinski definition) is 20. The smallest absolute Gasteiger partial charge is 0.407 e. The summed E-state index contributed by atoms with van der Waals surface area (Å²) < 4.78 is 67.7. The second-order valence-electron chi connectivity index (χ2n) is 29.9. The van der Waals surface area contributed by atoms with E-state index in [2.05, 4.69) is 21.3 Å². The number of aliphatic carboxylic acids is 1. The number of hydrogen-bond donors (Lipinski definition) is 6. The van der Waals surface area contributed by atoms with Gasteiger partial charge in [0.2, 0.25) is 0 Å². The molecule has 25 nitrogen and oxygen atoms in total. The number of carbonyl (C=O) groups is 7. The lowest BCUT2D eigenvalue weighted by Gasteiger charge is -2.31. The molecule has 4 aliphatic carbocycles. The molecule has 0 spiro atoms. The van der Waals surface area contributed by atoms with Gasteiger partial charge in [0.1, 0.15) is 64.5 Å². The maximum Gasteiger partial charge on any atom is 0.407 e. The summed E-state index contributed by atoms with van der Waals surface area (Å²) >= 11 is 0. The molecule has 6 N–H and O–H groups in total. The lowest BCUT2D eigenvalue weighted by atomic mass is 9.87. The number of alkyl carbamates (subject to hydrolysis) is 4. The first-order valence-electron chi connectivity index (χ1n) is 29.6. The zero-order valence-electron chi connectivity index (χ0n) is 54.7. The molecule has 25 heteroatoms. The van der Waals surface area contributed by atoms with Gasteiger partial charge in [-0.15, -0.1) is 0 Å². The summed E-state index contributed by atoms with van der Waals surface area (Å²) in [6.07, 6.45) is -2.97. The molecule has 16 atom stereocenters. The Kier molecular flexibility index (Phi) is 21.4. The molecule has 8 fully saturated rings. The second kappa shape index (κ2) is 25.6. The number of rotatable bonds is 8. The Hall–Kier alpha value is -4.47. The molecule has 8 aliphatic rings. The molecular weight excluding hydrogens is 1110 g/mol. The fourth-order valence-electron chi connectivity index (χ4n) is 12.1. The quantitative estimate of drug-likeness (QED) is 0.127. The molecule has 4 saturated carbocycles. The number of carboxylic acids is 1. The van der Waals surface area contributed by atoms with Gasteiger partial charge in [0.25, 0.3) is 0 Å². The Balaban J connectivity index is 0.000000207. The summed E-state index contributed by atoms with van der Waals surface area (Å²) in [5.74, 6) is -5.19. The minimum Gasteiger partial charge on any atom is -0.481 e. The number of carboxylic acid groups (broad SMARTS) is 1. The molecule has 0 unspecified atom stereocenters. The third-order valence-corrected chi connectivity index (χ3v) is 14.9. The van der Waals surface area contributed by atoms with Crippen molar-refractivity contribution in [3.05, 3.63) is 0 Å². The highest BCUT2D eigenvalue weighted by Crippen LogP contribution is 2.47. The van der Waals surface area contributed by atoms with E-state index in [0.29, 0.717) is 19.3 Å². The van der Waals surface area contributed by atoms with E-state index in [1.165, 1.54) is 0 Å². The summed E-state index contributed by atoms with van der Waals surface area (Å²) in [7, 11) is 0. The second-order valence-corrected chi connectivity index (χ2v) is 29.9. The molecule has 4 aliphatic heterocycles. The third kappa shape index (κ3) is 20.3. The first kappa shape index (κ1) is 71.3. The molecule has 4 amide bonds. The topological polar surface area (TPSA) is 319 Å². The van der Waals surface area contributed by atoms with Gasteiger partial charge in [-0.25, -0.2) is 19.2 Å². The van der Waals surface area contributed by atoms with Crippen LogP contribution in [0.2, 0.25) is 0 Å². The van der Waals surface area contributed by atoms with Crippen LogP contribution in [-0.4, -0.2) is 176 Å². The molecule has 0 aromatic carbocycles. The van der Waals surface area contributed by atoms with Crippen LogP contribution >= 0.6 is 0 Å². The maximum atomic E-state index is 12.0. The number of carbonyl (C=O) groups excluding carboxylic acids is 6. The van der Waals surface area contributed by atoms with E-state index >= 15 is 0 Å². The first-order valence-corrected chi connectivity index (χ1v) is 29.6. The van der Waals surface area contributed by atoms with Crippen LogP contribution in [0.1, 0.15) is 192 Å². The summed E-state index contributed by atoms with van der Waals surface area (Å²) in [5.41, 5.74) is -3.19. The molecule has 4 heterocycles. The van der Waals surface area contributed by atoms with Gasteiger partial charge in [0.05, 0.1) is 54.0 Å². The number of ketones is 2. The normalized spacial score (nSPS) is 34.4. The lowest BCUT2D eigenvalue weighted by Crippen LogP contribution is -2.45. The van der Waals surface area contributed by atoms with Crippen molar-refractivity contribution in [2.75, 3.05) is 0 Å². The largest absolute Gasteiger partial charge is 0.481 e. The summed E-state index contributed by atoms with van der Waals surface area (Å²) in [5, 5.41) is 30.9. The molecule has 0 aromatic heterocycles. The maximum absolute atomic E-state index is 12.0. The minimum atomic E-state index is -0.945. The fourth-order valence-corrected chi connectivity index (χ4v) is 12.1. The van der Waals surface area contributed by atoms with E-state index in [9.17, 15) is 43.8 Å². The van der Waals surface area contributed by atoms with Gasteiger partial charge in [-0.05, 0) is 192 Å². The van der Waals surface area contributed by atoms with Crippen molar-refractivity contribution in [1.29, 1.82) is 0 Å². The number of aliphatic hydroxyl groups is 1. The van der Waals surface area contributed by atoms with E-state index in [1.807, 2.05) is 62.3 Å². The van der Waals surface area contributed by atoms with Crippen molar-refractivity contribution in [2.45, 2.75) is 316 Å². The van der Waals surface area contributed by atoms with E-state index in [1.54, 1.807) is 104 Å². The van der Waals surface area contributed by atoms with Crippen molar-refractivity contribution in [1.82, 2.24) is 21.3 Å². The molecular formula is C60H102N4O21. The van der Waals surface area contributed by atoms with Crippen LogP contribution < -0.4 is 21.3 Å². The van der Waals surface area contributed by atoms with Crippen molar-refractivity contribution < 1.29 is 101 Å². The van der Waals surface area contributed by atoms with E-state index in [0.717, 1.165) is 0 Å². The molecule has 8 rings (SSSR count). The van der Waals surface area contributed by atoms with Crippen LogP contribution in [-0.2, 0) is 71.2 Å². The van der Waals surface area contributed by atoms with Crippen LogP contribution in [0.5, 0.6) is 0 Å². The highest BCUT2D eigenvalue weighted by Gasteiger charge is 2.60. The molecule has 0 aromatic rings. The predicted octanol–water partition coefficient (Wildman–Crippen LogP) is 7.71. The highest BCUT2D eigenvalue weighted by molar-refractivity contribution is 5.81. The number of nitrogens with one attached hydrogen (secondary N) is 4. The average Bonchev–Trinajstić information content (AvgIpc) is 2.12. The number of amides is 4. The van der Waals surface area contributed by atoms with Crippen molar-refractivity contribution >= 4 is 41.9 Å². The fraction of sp³-hybridized carbons (Fsp3) is 0.883. The van der Waals surface area contributed by atoms with Crippen molar-refractivity contribution in [2.24, 2.45) is 23.7 Å². The highest BCUT2D eigenvalue weighted by atomic mass is 16.8. The van der Waals surface area contributed by atoms with Crippen LogP contribution in [0.15, 0.2) is 0 Å². The number of ether oxygens (including phenoxy) is 12. The van der Waals surface area contributed by atoms with Gasteiger partial charge in [-0.3, -0.25) is 14.4 Å². The Morgan fingerprint density at radius 2 is 0.576 bits per heavy atom. The van der Waals surface area contributed by atoms with Crippen molar-refractivity contribution in [3.63, 3.8) is 0 Å². The Labute approximate surface area is 502 Å². The zero-order valence-corrected chi connectivity index (χ0v) is 54.7. The van der Waals surface area contributed by atoms with Gasteiger partial charge >= 0.3 is 30.3 Å². The monoisotopic (exact) mass is 1210 g/mol. The van der Waals surface area contributed by atoms with Crippen molar-refractivity contribution in [3.8, 4) is 0 Å². The average molecular weight is 1220 g/mol. The van der Waals surface area contributed by atoms with Gasteiger partial charge in [0.15, 0.2) is 23.1 Å². The molecule has 4 saturated heterocycles. The van der Waals surface area contributed by atoms with E-state index in [-0.39, 0.29) is 90.5 Å². The zero-order chi connectivity index (χ0) is 64.9. The van der Waals surface area contributed by atoms with Crippen LogP contribution in [0.4, 0.5) is 19.2 Å². The van der Waals surface area contributed by atoms with Gasteiger partial charge < -0.3 is 88.3 Å². The third-order valence-electron chi connectivity index (χ3n) is 14.9. The molecule has 488 valence electrons. The Morgan fingerprint density at radius 1 is 0.365 bits per heavy atom. The number of Topliss-reactive ketones (excluding diaryl/α,β-unsaturated/α-hetero) is 2. The molecule has 0 radical (unpaired) electrons. The Bertz CT molecular complexity index is 2220. The summed E-state index contributed by atoms with van der Waals surface area (Å²) in [4.78, 5) is 82.6. The number of fused-ring (bicyclic) bond motifs is 4. The predicted molar refractivity (Wildman–Crippen MR) is 306 cm³/mol. The van der Waals surface area contributed by atoms with Crippen LogP contribution in [0, 0.1) is 23.7 Å². The summed E-state index contributed by atoms with van der Waals surface area (Å²) in [6, 6.07) is -1.23. The molecule has 0 bridgehead atoms. The lowest BCUT2D eigenvalue weighted by molar-refractivity contribution is -0.168. The van der Waals surface area contributed by atoms with Gasteiger partial charge in [0, 0.05) is 17.8 Å². The Morgan fingerprint density at radius 3 is 0.812 bits per heavy atom. The first-order chi connectivity index (χ1) is 38.2. The molecule has 85 heavy (non-hydrogen) atoms. The minimum absolute atomic E-state index is 0.0554. The van der Waals surface area contributed by atoms with Gasteiger partial charge in [-0.2, -0.15) is 0 Å².